The number of allylic oxidation sites excluding steroid dienone is 3. The fourth-order valence-electron chi connectivity index (χ4n) is 2.05. The Morgan fingerprint density at radius 1 is 1.00 bits per heavy atom. The zero-order valence-corrected chi connectivity index (χ0v) is 12.3. The lowest BCUT2D eigenvalue weighted by Crippen LogP contribution is -2.23. The van der Waals surface area contributed by atoms with Crippen LogP contribution in [0.25, 0.3) is 4.91 Å². The van der Waals surface area contributed by atoms with Crippen molar-refractivity contribution in [2.75, 3.05) is 0 Å². The van der Waals surface area contributed by atoms with Crippen molar-refractivity contribution < 1.29 is 17.6 Å². The molecule has 1 aliphatic rings. The molecule has 0 aromatic heterocycles. The minimum absolute atomic E-state index is 0.0741. The SMILES string of the molecule is CC(C)(C)C1=CC(=O)C=C(c2ccc(F)cc2)S1(=O)=O. The summed E-state index contributed by atoms with van der Waals surface area (Å²) in [6, 6.07) is 5.06. The molecule has 20 heavy (non-hydrogen) atoms. The Bertz CT molecular complexity index is 717. The summed E-state index contributed by atoms with van der Waals surface area (Å²) in [7, 11) is -3.74. The molecule has 0 unspecified atom stereocenters. The molecule has 0 saturated heterocycles. The second-order valence-corrected chi connectivity index (χ2v) is 7.57. The zero-order chi connectivity index (χ0) is 15.1. The van der Waals surface area contributed by atoms with Crippen LogP contribution in [0.2, 0.25) is 0 Å². The Labute approximate surface area is 117 Å². The number of rotatable bonds is 1. The van der Waals surface area contributed by atoms with Crippen molar-refractivity contribution in [1.29, 1.82) is 0 Å². The summed E-state index contributed by atoms with van der Waals surface area (Å²) in [5.74, 6) is -0.829. The molecular weight excluding hydrogens is 279 g/mol. The first-order chi connectivity index (χ1) is 9.12. The third kappa shape index (κ3) is 2.58. The van der Waals surface area contributed by atoms with Gasteiger partial charge in [0.05, 0.1) is 9.81 Å². The predicted molar refractivity (Wildman–Crippen MR) is 75.8 cm³/mol. The number of hydrogen-bond donors (Lipinski definition) is 0. The fourth-order valence-corrected chi connectivity index (χ4v) is 4.08. The van der Waals surface area contributed by atoms with Crippen molar-refractivity contribution >= 4 is 20.5 Å². The monoisotopic (exact) mass is 294 g/mol. The van der Waals surface area contributed by atoms with Gasteiger partial charge >= 0.3 is 0 Å². The van der Waals surface area contributed by atoms with E-state index >= 15 is 0 Å². The van der Waals surface area contributed by atoms with Crippen LogP contribution in [0.1, 0.15) is 26.3 Å². The van der Waals surface area contributed by atoms with E-state index in [1.54, 1.807) is 20.8 Å². The van der Waals surface area contributed by atoms with E-state index in [-0.39, 0.29) is 15.6 Å². The summed E-state index contributed by atoms with van der Waals surface area (Å²) in [6.45, 7) is 5.20. The number of benzene rings is 1. The van der Waals surface area contributed by atoms with Crippen molar-refractivity contribution in [2.24, 2.45) is 5.41 Å². The minimum Gasteiger partial charge on any atom is -0.290 e. The molecule has 0 spiro atoms. The molecule has 1 aliphatic heterocycles. The van der Waals surface area contributed by atoms with Gasteiger partial charge in [0.1, 0.15) is 5.82 Å². The molecule has 3 nitrogen and oxygen atoms in total. The van der Waals surface area contributed by atoms with Crippen molar-refractivity contribution in [3.63, 3.8) is 0 Å². The van der Waals surface area contributed by atoms with E-state index in [4.69, 9.17) is 0 Å². The highest BCUT2D eigenvalue weighted by atomic mass is 32.2. The van der Waals surface area contributed by atoms with Crippen LogP contribution in [-0.4, -0.2) is 14.2 Å². The van der Waals surface area contributed by atoms with Gasteiger partial charge in [0.2, 0.25) is 9.84 Å². The Morgan fingerprint density at radius 2 is 1.55 bits per heavy atom. The van der Waals surface area contributed by atoms with Crippen LogP contribution in [0.4, 0.5) is 4.39 Å². The van der Waals surface area contributed by atoms with Crippen LogP contribution >= 0.6 is 0 Å². The second kappa shape index (κ2) is 4.66. The second-order valence-electron chi connectivity index (χ2n) is 5.68. The fraction of sp³-hybridized carbons (Fsp3) is 0.267. The molecule has 1 aromatic rings. The quantitative estimate of drug-likeness (QED) is 0.799. The summed E-state index contributed by atoms with van der Waals surface area (Å²) < 4.78 is 38.2. The van der Waals surface area contributed by atoms with Crippen LogP contribution < -0.4 is 0 Å². The molecule has 1 heterocycles. The van der Waals surface area contributed by atoms with Gasteiger partial charge in [0.25, 0.3) is 0 Å². The van der Waals surface area contributed by atoms with E-state index < -0.39 is 21.1 Å². The molecule has 0 saturated carbocycles. The molecule has 0 aliphatic carbocycles. The molecule has 0 atom stereocenters. The van der Waals surface area contributed by atoms with Gasteiger partial charge in [-0.3, -0.25) is 4.79 Å². The Kier molecular flexibility index (Phi) is 3.42. The van der Waals surface area contributed by atoms with E-state index in [1.165, 1.54) is 24.3 Å². The summed E-state index contributed by atoms with van der Waals surface area (Å²) in [6.07, 6.45) is 2.24. The normalized spacial score (nSPS) is 18.5. The maximum atomic E-state index is 12.9. The Morgan fingerprint density at radius 3 is 2.05 bits per heavy atom. The molecule has 0 bridgehead atoms. The molecule has 0 fully saturated rings. The van der Waals surface area contributed by atoms with Crippen molar-refractivity contribution in [1.82, 2.24) is 0 Å². The Balaban J connectivity index is 2.61. The number of carbonyl (C=O) groups is 1. The van der Waals surface area contributed by atoms with Gasteiger partial charge in [-0.25, -0.2) is 12.8 Å². The highest BCUT2D eigenvalue weighted by molar-refractivity contribution is 8.04. The van der Waals surface area contributed by atoms with E-state index in [9.17, 15) is 17.6 Å². The first kappa shape index (κ1) is 14.7. The number of sulfone groups is 1. The molecule has 2 rings (SSSR count). The van der Waals surface area contributed by atoms with Crippen LogP contribution in [0.3, 0.4) is 0 Å². The van der Waals surface area contributed by atoms with E-state index in [1.807, 2.05) is 0 Å². The van der Waals surface area contributed by atoms with Crippen LogP contribution in [0, 0.1) is 11.2 Å². The molecule has 0 radical (unpaired) electrons. The number of carbonyl (C=O) groups excluding carboxylic acids is 1. The maximum absolute atomic E-state index is 12.9. The van der Waals surface area contributed by atoms with Gasteiger partial charge in [0, 0.05) is 12.2 Å². The van der Waals surface area contributed by atoms with E-state index in [2.05, 4.69) is 0 Å². The zero-order valence-electron chi connectivity index (χ0n) is 11.5. The lowest BCUT2D eigenvalue weighted by molar-refractivity contribution is -0.110. The highest BCUT2D eigenvalue weighted by Gasteiger charge is 2.36. The summed E-state index contributed by atoms with van der Waals surface area (Å²) in [5, 5.41) is 0. The third-order valence-corrected chi connectivity index (χ3v) is 5.24. The van der Waals surface area contributed by atoms with Gasteiger partial charge < -0.3 is 0 Å². The van der Waals surface area contributed by atoms with Gasteiger partial charge in [-0.1, -0.05) is 32.9 Å². The van der Waals surface area contributed by atoms with Gasteiger partial charge in [0.15, 0.2) is 5.78 Å². The van der Waals surface area contributed by atoms with E-state index in [0.29, 0.717) is 5.56 Å². The van der Waals surface area contributed by atoms with Crippen LogP contribution in [0.5, 0.6) is 0 Å². The van der Waals surface area contributed by atoms with Crippen LogP contribution in [0.15, 0.2) is 41.3 Å². The number of hydrogen-bond acceptors (Lipinski definition) is 3. The standard InChI is InChI=1S/C15H15FO3S/c1-15(2,3)14-9-12(17)8-13(20(14,18)19)10-4-6-11(16)7-5-10/h4-9H,1-3H3. The molecule has 0 amide bonds. The molecule has 0 N–H and O–H groups in total. The molecule has 1 aromatic carbocycles. The first-order valence-electron chi connectivity index (χ1n) is 6.11. The summed E-state index contributed by atoms with van der Waals surface area (Å²) >= 11 is 0. The average Bonchev–Trinajstić information content (AvgIpc) is 2.31. The lowest BCUT2D eigenvalue weighted by atomic mass is 9.95. The number of ketones is 1. The highest BCUT2D eigenvalue weighted by Crippen LogP contribution is 2.39. The lowest BCUT2D eigenvalue weighted by Gasteiger charge is -2.26. The summed E-state index contributed by atoms with van der Waals surface area (Å²) in [5.41, 5.74) is -0.358. The largest absolute Gasteiger partial charge is 0.290 e. The van der Waals surface area contributed by atoms with Crippen molar-refractivity contribution in [2.45, 2.75) is 20.8 Å². The molecule has 106 valence electrons. The minimum atomic E-state index is -3.74. The van der Waals surface area contributed by atoms with Crippen molar-refractivity contribution in [3.8, 4) is 0 Å². The average molecular weight is 294 g/mol. The topological polar surface area (TPSA) is 51.2 Å². The Hall–Kier alpha value is -1.75. The smallest absolute Gasteiger partial charge is 0.204 e. The van der Waals surface area contributed by atoms with Crippen LogP contribution in [-0.2, 0) is 14.6 Å². The molecule has 5 heteroatoms. The van der Waals surface area contributed by atoms with Crippen molar-refractivity contribution in [3.05, 3.63) is 52.7 Å². The molecular formula is C15H15FO3S. The van der Waals surface area contributed by atoms with Gasteiger partial charge in [-0.15, -0.1) is 0 Å². The third-order valence-electron chi connectivity index (χ3n) is 2.99. The van der Waals surface area contributed by atoms with E-state index in [0.717, 1.165) is 12.2 Å². The maximum Gasteiger partial charge on any atom is 0.204 e. The first-order valence-corrected chi connectivity index (χ1v) is 7.59. The summed E-state index contributed by atoms with van der Waals surface area (Å²) in [4.78, 5) is 11.8. The number of halogens is 1. The van der Waals surface area contributed by atoms with Gasteiger partial charge in [-0.2, -0.15) is 0 Å². The van der Waals surface area contributed by atoms with Gasteiger partial charge in [-0.05, 0) is 23.1 Å². The predicted octanol–water partition coefficient (Wildman–Crippen LogP) is 3.09.